The minimum atomic E-state index is -4.17. The first kappa shape index (κ1) is 17.6. The number of anilines is 1. The Bertz CT molecular complexity index is 1040. The van der Waals surface area contributed by atoms with Crippen LogP contribution in [0.15, 0.2) is 53.6 Å². The average Bonchev–Trinajstić information content (AvgIpc) is 2.98. The van der Waals surface area contributed by atoms with Gasteiger partial charge in [-0.3, -0.25) is 9.10 Å². The molecule has 0 aliphatic carbocycles. The molecule has 0 aliphatic heterocycles. The molecular weight excluding hydrogens is 387 g/mol. The van der Waals surface area contributed by atoms with Gasteiger partial charge in [-0.2, -0.15) is 0 Å². The molecule has 0 amide bonds. The Hall–Kier alpha value is -2.22. The number of carboxylic acids is 1. The Morgan fingerprint density at radius 3 is 2.40 bits per heavy atom. The molecule has 3 rings (SSSR count). The molecule has 0 atom stereocenters. The first-order valence-electron chi connectivity index (χ1n) is 7.05. The fraction of sp³-hybridized carbons (Fsp3) is 0.0625. The molecule has 25 heavy (non-hydrogen) atoms. The lowest BCUT2D eigenvalue weighted by molar-refractivity contribution is -0.135. The average molecular weight is 399 g/mol. The second-order valence-electron chi connectivity index (χ2n) is 5.26. The molecular formula is C16H12Cl2N2O4S. The van der Waals surface area contributed by atoms with E-state index in [4.69, 9.17) is 23.2 Å². The Kier molecular flexibility index (Phi) is 4.64. The zero-order chi connectivity index (χ0) is 18.2. The topological polar surface area (TPSA) is 90.5 Å². The number of nitrogens with zero attached hydrogens (tertiary/aromatic N) is 1. The van der Waals surface area contributed by atoms with Crippen LogP contribution in [0.25, 0.3) is 10.9 Å². The number of aliphatic carboxylic acids is 1. The molecule has 130 valence electrons. The summed E-state index contributed by atoms with van der Waals surface area (Å²) >= 11 is 11.8. The first-order chi connectivity index (χ1) is 11.8. The molecule has 0 unspecified atom stereocenters. The zero-order valence-electron chi connectivity index (χ0n) is 12.6. The number of H-pyrrole nitrogens is 1. The molecule has 0 fully saturated rings. The van der Waals surface area contributed by atoms with Crippen molar-refractivity contribution in [3.05, 3.63) is 58.7 Å². The molecule has 0 bridgehead atoms. The highest BCUT2D eigenvalue weighted by Crippen LogP contribution is 2.29. The minimum absolute atomic E-state index is 0.141. The van der Waals surface area contributed by atoms with E-state index in [9.17, 15) is 18.3 Å². The predicted molar refractivity (Wildman–Crippen MR) is 96.9 cm³/mol. The monoisotopic (exact) mass is 398 g/mol. The molecule has 2 N–H and O–H groups in total. The summed E-state index contributed by atoms with van der Waals surface area (Å²) in [6.45, 7) is -0.734. The van der Waals surface area contributed by atoms with Gasteiger partial charge in [0, 0.05) is 27.1 Å². The van der Waals surface area contributed by atoms with Crippen LogP contribution >= 0.6 is 23.2 Å². The summed E-state index contributed by atoms with van der Waals surface area (Å²) in [7, 11) is -4.17. The molecule has 0 spiro atoms. The van der Waals surface area contributed by atoms with E-state index in [1.807, 2.05) is 0 Å². The molecule has 6 nitrogen and oxygen atoms in total. The SMILES string of the molecule is O=C(O)CN(c1ccc2[nH]ccc2c1)S(=O)(=O)c1cc(Cl)cc(Cl)c1. The third kappa shape index (κ3) is 3.58. The van der Waals surface area contributed by atoms with Crippen molar-refractivity contribution in [3.63, 3.8) is 0 Å². The number of hydrogen-bond acceptors (Lipinski definition) is 3. The number of rotatable bonds is 5. The summed E-state index contributed by atoms with van der Waals surface area (Å²) in [4.78, 5) is 14.1. The second-order valence-corrected chi connectivity index (χ2v) is 7.99. The fourth-order valence-corrected chi connectivity index (χ4v) is 4.57. The van der Waals surface area contributed by atoms with E-state index in [-0.39, 0.29) is 20.6 Å². The third-order valence-electron chi connectivity index (χ3n) is 3.53. The van der Waals surface area contributed by atoms with Crippen molar-refractivity contribution >= 4 is 55.8 Å². The molecule has 1 aromatic heterocycles. The van der Waals surface area contributed by atoms with Crippen LogP contribution in [0.5, 0.6) is 0 Å². The molecule has 0 saturated heterocycles. The number of sulfonamides is 1. The summed E-state index contributed by atoms with van der Waals surface area (Å²) in [6.07, 6.45) is 1.71. The predicted octanol–water partition coefficient (Wildman–Crippen LogP) is 3.75. The van der Waals surface area contributed by atoms with Gasteiger partial charge < -0.3 is 10.1 Å². The lowest BCUT2D eigenvalue weighted by atomic mass is 10.2. The van der Waals surface area contributed by atoms with Gasteiger partial charge in [0.15, 0.2) is 0 Å². The van der Waals surface area contributed by atoms with Crippen molar-refractivity contribution < 1.29 is 18.3 Å². The van der Waals surface area contributed by atoms with Gasteiger partial charge in [-0.15, -0.1) is 0 Å². The van der Waals surface area contributed by atoms with Crippen LogP contribution in [-0.2, 0) is 14.8 Å². The van der Waals surface area contributed by atoms with Gasteiger partial charge >= 0.3 is 5.97 Å². The van der Waals surface area contributed by atoms with Crippen molar-refractivity contribution in [2.24, 2.45) is 0 Å². The van der Waals surface area contributed by atoms with E-state index in [2.05, 4.69) is 4.98 Å². The highest BCUT2D eigenvalue weighted by atomic mass is 35.5. The number of aromatic nitrogens is 1. The molecule has 9 heteroatoms. The van der Waals surface area contributed by atoms with Crippen LogP contribution in [0.3, 0.4) is 0 Å². The Morgan fingerprint density at radius 1 is 1.08 bits per heavy atom. The standard InChI is InChI=1S/C16H12Cl2N2O4S/c17-11-6-12(18)8-14(7-11)25(23,24)20(9-16(21)22)13-1-2-15-10(5-13)3-4-19-15/h1-8,19H,9H2,(H,21,22). The Labute approximate surface area is 153 Å². The number of nitrogens with one attached hydrogen (secondary N) is 1. The number of carbonyl (C=O) groups is 1. The molecule has 3 aromatic rings. The number of halogens is 2. The number of fused-ring (bicyclic) bond motifs is 1. The number of benzene rings is 2. The second kappa shape index (κ2) is 6.59. The van der Waals surface area contributed by atoms with Crippen LogP contribution in [-0.4, -0.2) is 31.0 Å². The lowest BCUT2D eigenvalue weighted by Gasteiger charge is -2.23. The number of aromatic amines is 1. The highest BCUT2D eigenvalue weighted by Gasteiger charge is 2.28. The Morgan fingerprint density at radius 2 is 1.76 bits per heavy atom. The summed E-state index contributed by atoms with van der Waals surface area (Å²) in [5, 5.41) is 10.2. The third-order valence-corrected chi connectivity index (χ3v) is 5.72. The van der Waals surface area contributed by atoms with Gasteiger partial charge in [0.25, 0.3) is 10.0 Å². The molecule has 1 heterocycles. The van der Waals surface area contributed by atoms with Crippen molar-refractivity contribution in [2.45, 2.75) is 4.90 Å². The Balaban J connectivity index is 2.15. The molecule has 2 aromatic carbocycles. The van der Waals surface area contributed by atoms with Crippen molar-refractivity contribution in [3.8, 4) is 0 Å². The quantitative estimate of drug-likeness (QED) is 0.684. The van der Waals surface area contributed by atoms with Gasteiger partial charge in [0.1, 0.15) is 6.54 Å². The van der Waals surface area contributed by atoms with E-state index in [0.29, 0.717) is 0 Å². The van der Waals surface area contributed by atoms with E-state index in [1.54, 1.807) is 24.4 Å². The number of carboxylic acid groups (broad SMARTS) is 1. The molecule has 0 aliphatic rings. The van der Waals surface area contributed by atoms with E-state index in [0.717, 1.165) is 15.2 Å². The number of hydrogen-bond donors (Lipinski definition) is 2. The smallest absolute Gasteiger partial charge is 0.324 e. The van der Waals surface area contributed by atoms with E-state index in [1.165, 1.54) is 24.3 Å². The minimum Gasteiger partial charge on any atom is -0.480 e. The van der Waals surface area contributed by atoms with Crippen molar-refractivity contribution in [2.75, 3.05) is 10.8 Å². The van der Waals surface area contributed by atoms with E-state index >= 15 is 0 Å². The van der Waals surface area contributed by atoms with Gasteiger partial charge in [-0.25, -0.2) is 8.42 Å². The van der Waals surface area contributed by atoms with Gasteiger partial charge in [-0.1, -0.05) is 23.2 Å². The van der Waals surface area contributed by atoms with Crippen LogP contribution in [0.4, 0.5) is 5.69 Å². The van der Waals surface area contributed by atoms with Crippen molar-refractivity contribution in [1.82, 2.24) is 4.98 Å². The van der Waals surface area contributed by atoms with Crippen molar-refractivity contribution in [1.29, 1.82) is 0 Å². The maximum absolute atomic E-state index is 13.0. The summed E-state index contributed by atoms with van der Waals surface area (Å²) < 4.78 is 26.8. The van der Waals surface area contributed by atoms with Gasteiger partial charge in [0.05, 0.1) is 10.6 Å². The molecule has 0 saturated carbocycles. The maximum Gasteiger partial charge on any atom is 0.324 e. The van der Waals surface area contributed by atoms with Crippen LogP contribution in [0.2, 0.25) is 10.0 Å². The largest absolute Gasteiger partial charge is 0.480 e. The fourth-order valence-electron chi connectivity index (χ4n) is 2.44. The first-order valence-corrected chi connectivity index (χ1v) is 9.25. The molecule has 0 radical (unpaired) electrons. The van der Waals surface area contributed by atoms with Crippen LogP contribution in [0.1, 0.15) is 0 Å². The summed E-state index contributed by atoms with van der Waals surface area (Å²) in [5.74, 6) is -1.29. The normalized spacial score (nSPS) is 11.6. The van der Waals surface area contributed by atoms with Crippen LogP contribution < -0.4 is 4.31 Å². The van der Waals surface area contributed by atoms with E-state index < -0.39 is 22.5 Å². The zero-order valence-corrected chi connectivity index (χ0v) is 14.9. The van der Waals surface area contributed by atoms with Gasteiger partial charge in [0.2, 0.25) is 0 Å². The van der Waals surface area contributed by atoms with Crippen LogP contribution in [0, 0.1) is 0 Å². The summed E-state index contributed by atoms with van der Waals surface area (Å²) in [5.41, 5.74) is 1.04. The lowest BCUT2D eigenvalue weighted by Crippen LogP contribution is -2.35. The van der Waals surface area contributed by atoms with Gasteiger partial charge in [-0.05, 0) is 42.5 Å². The highest BCUT2D eigenvalue weighted by molar-refractivity contribution is 7.92. The summed E-state index contributed by atoms with van der Waals surface area (Å²) in [6, 6.07) is 10.4. The maximum atomic E-state index is 13.0.